The van der Waals surface area contributed by atoms with Crippen LogP contribution >= 0.6 is 23.2 Å². The van der Waals surface area contributed by atoms with Gasteiger partial charge in [0.15, 0.2) is 5.78 Å². The van der Waals surface area contributed by atoms with Crippen LogP contribution in [0.15, 0.2) is 47.0 Å². The molecule has 0 bridgehead atoms. The highest BCUT2D eigenvalue weighted by Crippen LogP contribution is 2.40. The van der Waals surface area contributed by atoms with E-state index in [2.05, 4.69) is 25.8 Å². The second-order valence-electron chi connectivity index (χ2n) is 13.3. The molecule has 0 spiro atoms. The third-order valence-corrected chi connectivity index (χ3v) is 10.6. The number of carbonyl (C=O) groups excluding carboxylic acids is 4. The third-order valence-electron chi connectivity index (χ3n) is 10.0. The van der Waals surface area contributed by atoms with Gasteiger partial charge in [-0.3, -0.25) is 9.59 Å². The van der Waals surface area contributed by atoms with Crippen molar-refractivity contribution in [1.29, 1.82) is 0 Å². The zero-order chi connectivity index (χ0) is 36.9. The topological polar surface area (TPSA) is 166 Å². The summed E-state index contributed by atoms with van der Waals surface area (Å²) in [5, 5.41) is 11.3. The average molecular weight is 741 g/mol. The van der Waals surface area contributed by atoms with E-state index < -0.39 is 35.5 Å². The van der Waals surface area contributed by atoms with E-state index >= 15 is 0 Å². The Hall–Kier alpha value is -4.42. The van der Waals surface area contributed by atoms with Crippen molar-refractivity contribution in [3.8, 4) is 0 Å². The predicted octanol–water partition coefficient (Wildman–Crippen LogP) is 7.12. The Morgan fingerprint density at radius 3 is 2.47 bits per heavy atom. The van der Waals surface area contributed by atoms with Crippen LogP contribution in [0, 0.1) is 11.8 Å². The Morgan fingerprint density at radius 1 is 1.06 bits per heavy atom. The fourth-order valence-electron chi connectivity index (χ4n) is 6.56. The largest absolute Gasteiger partial charge is 0.463 e. The molecule has 4 aromatic rings. The molecule has 0 saturated carbocycles. The van der Waals surface area contributed by atoms with E-state index in [9.17, 15) is 19.2 Å². The smallest absolute Gasteiger partial charge is 0.408 e. The van der Waals surface area contributed by atoms with E-state index in [1.165, 1.54) is 7.11 Å². The highest BCUT2D eigenvalue weighted by atomic mass is 35.5. The summed E-state index contributed by atoms with van der Waals surface area (Å²) < 4.78 is 15.7. The van der Waals surface area contributed by atoms with E-state index in [0.29, 0.717) is 34.8 Å². The molecule has 12 nitrogen and oxygen atoms in total. The zero-order valence-corrected chi connectivity index (χ0v) is 30.8. The van der Waals surface area contributed by atoms with Crippen LogP contribution in [0.5, 0.6) is 0 Å². The zero-order valence-electron chi connectivity index (χ0n) is 29.3. The van der Waals surface area contributed by atoms with Crippen LogP contribution < -0.4 is 10.6 Å². The van der Waals surface area contributed by atoms with Crippen molar-refractivity contribution in [2.45, 2.75) is 90.3 Å². The molecule has 2 heterocycles. The Labute approximate surface area is 306 Å². The molecule has 0 saturated heterocycles. The number of benzene rings is 2. The van der Waals surface area contributed by atoms with Gasteiger partial charge in [-0.15, -0.1) is 0 Å². The number of amides is 2. The van der Waals surface area contributed by atoms with Crippen LogP contribution in [0.1, 0.15) is 92.6 Å². The number of ketones is 1. The molecule has 0 fully saturated rings. The number of ether oxygens (including phenoxy) is 2. The Balaban J connectivity index is 1.49. The lowest BCUT2D eigenvalue weighted by Crippen LogP contribution is -2.62. The number of methoxy groups -OCH3 is 1. The number of fused-ring (bicyclic) bond motifs is 3. The number of halogens is 2. The molecule has 5 rings (SSSR count). The normalized spacial score (nSPS) is 17.9. The number of nitrogens with one attached hydrogen (secondary N) is 3. The molecular weight excluding hydrogens is 697 g/mol. The highest BCUT2D eigenvalue weighted by Gasteiger charge is 2.46. The number of rotatable bonds is 14. The van der Waals surface area contributed by atoms with Gasteiger partial charge in [-0.05, 0) is 53.1 Å². The number of aromatic nitrogens is 3. The van der Waals surface area contributed by atoms with E-state index in [1.54, 1.807) is 12.1 Å². The first-order valence-corrected chi connectivity index (χ1v) is 17.9. The number of hydrogen-bond acceptors (Lipinski definition) is 9. The van der Waals surface area contributed by atoms with Crippen LogP contribution in [-0.2, 0) is 38.5 Å². The van der Waals surface area contributed by atoms with Crippen molar-refractivity contribution in [2.24, 2.45) is 11.8 Å². The monoisotopic (exact) mass is 739 g/mol. The van der Waals surface area contributed by atoms with Crippen LogP contribution in [-0.4, -0.2) is 57.6 Å². The quantitative estimate of drug-likeness (QED) is 0.114. The maximum Gasteiger partial charge on any atom is 0.408 e. The SMILES string of the molecule is CCC(C)[C@H](NC(=O)OCc1ccccc1)C(=O)N[C@@]1(C(=O)C[C@H](c2nc(C(=O)OC)no2)C(C)CC)CCc2[nH]c3c(Cl)cc(Cl)cc3c2C1. The van der Waals surface area contributed by atoms with Gasteiger partial charge in [-0.1, -0.05) is 94.1 Å². The fourth-order valence-corrected chi connectivity index (χ4v) is 7.11. The molecule has 2 unspecified atom stereocenters. The van der Waals surface area contributed by atoms with Gasteiger partial charge in [0.05, 0.1) is 17.6 Å². The number of hydrogen-bond donors (Lipinski definition) is 3. The minimum absolute atomic E-state index is 0.0305. The standard InChI is InChI=1S/C37H43Cl2N5O7/c1-6-20(3)24(34-42-32(44-51-34)35(47)49-5)17-29(45)37(14-13-28-26(18-37)25-15-23(38)16-27(39)31(25)40-28)43-33(46)30(21(4)7-2)41-36(48)50-19-22-11-9-8-10-12-22/h8-12,15-16,20-21,24,30,40H,6-7,13-14,17-19H2,1-5H3,(H,41,48)(H,43,46)/t20?,21?,24-,30-,37-/m0/s1. The number of esters is 1. The third kappa shape index (κ3) is 8.39. The summed E-state index contributed by atoms with van der Waals surface area (Å²) >= 11 is 13.0. The van der Waals surface area contributed by atoms with E-state index in [4.69, 9.17) is 37.2 Å². The first-order chi connectivity index (χ1) is 24.4. The predicted molar refractivity (Wildman–Crippen MR) is 192 cm³/mol. The molecule has 51 heavy (non-hydrogen) atoms. The molecule has 3 N–H and O–H groups in total. The molecule has 2 aromatic heterocycles. The lowest BCUT2D eigenvalue weighted by molar-refractivity contribution is -0.134. The minimum Gasteiger partial charge on any atom is -0.463 e. The van der Waals surface area contributed by atoms with E-state index in [-0.39, 0.29) is 55.2 Å². The number of H-pyrrole nitrogens is 1. The number of aryl methyl sites for hydroxylation is 1. The maximum atomic E-state index is 14.8. The number of Topliss-reactive ketones (excluding diaryl/α,β-unsaturated/α-hetero) is 1. The Bertz CT molecular complexity index is 1890. The summed E-state index contributed by atoms with van der Waals surface area (Å²) in [6.07, 6.45) is 1.24. The van der Waals surface area contributed by atoms with Gasteiger partial charge >= 0.3 is 12.1 Å². The second kappa shape index (κ2) is 16.3. The lowest BCUT2D eigenvalue weighted by Gasteiger charge is -2.39. The summed E-state index contributed by atoms with van der Waals surface area (Å²) in [6, 6.07) is 11.7. The van der Waals surface area contributed by atoms with Crippen molar-refractivity contribution < 1.29 is 33.2 Å². The summed E-state index contributed by atoms with van der Waals surface area (Å²) in [5.74, 6) is -2.62. The van der Waals surface area contributed by atoms with Gasteiger partial charge in [-0.2, -0.15) is 4.98 Å². The van der Waals surface area contributed by atoms with E-state index in [1.807, 2.05) is 58.0 Å². The average Bonchev–Trinajstić information content (AvgIpc) is 3.76. The van der Waals surface area contributed by atoms with Crippen LogP contribution in [0.25, 0.3) is 10.9 Å². The summed E-state index contributed by atoms with van der Waals surface area (Å²) in [6.45, 7) is 7.73. The summed E-state index contributed by atoms with van der Waals surface area (Å²) in [4.78, 5) is 62.0. The summed E-state index contributed by atoms with van der Waals surface area (Å²) in [5.41, 5.74) is 1.81. The lowest BCUT2D eigenvalue weighted by atomic mass is 9.73. The van der Waals surface area contributed by atoms with Gasteiger partial charge in [-0.25, -0.2) is 9.59 Å². The van der Waals surface area contributed by atoms with Crippen molar-refractivity contribution in [3.63, 3.8) is 0 Å². The molecule has 5 atom stereocenters. The second-order valence-corrected chi connectivity index (χ2v) is 14.1. The molecule has 0 aliphatic heterocycles. The Morgan fingerprint density at radius 2 is 1.78 bits per heavy atom. The van der Waals surface area contributed by atoms with Crippen molar-refractivity contribution in [2.75, 3.05) is 7.11 Å². The fraction of sp³-hybridized carbons (Fsp3) is 0.459. The van der Waals surface area contributed by atoms with Gasteiger partial charge in [0.2, 0.25) is 11.8 Å². The molecule has 1 aliphatic rings. The highest BCUT2D eigenvalue weighted by molar-refractivity contribution is 6.38. The van der Waals surface area contributed by atoms with E-state index in [0.717, 1.165) is 22.2 Å². The van der Waals surface area contributed by atoms with Gasteiger partial charge in [0, 0.05) is 34.9 Å². The number of nitrogens with zero attached hydrogens (tertiary/aromatic N) is 2. The van der Waals surface area contributed by atoms with Crippen LogP contribution in [0.2, 0.25) is 10.0 Å². The number of carbonyl (C=O) groups is 4. The van der Waals surface area contributed by atoms with Gasteiger partial charge in [0.25, 0.3) is 5.82 Å². The minimum atomic E-state index is -1.40. The van der Waals surface area contributed by atoms with Crippen molar-refractivity contribution >= 4 is 57.9 Å². The first kappa shape index (κ1) is 37.8. The molecule has 2 amide bonds. The number of aromatic amines is 1. The molecular formula is C37H43Cl2N5O7. The van der Waals surface area contributed by atoms with Crippen molar-refractivity contribution in [3.05, 3.63) is 81.0 Å². The molecule has 2 aromatic carbocycles. The maximum absolute atomic E-state index is 14.8. The molecule has 272 valence electrons. The van der Waals surface area contributed by atoms with Crippen LogP contribution in [0.4, 0.5) is 4.79 Å². The first-order valence-electron chi connectivity index (χ1n) is 17.1. The Kier molecular flexibility index (Phi) is 12.1. The molecule has 0 radical (unpaired) electrons. The van der Waals surface area contributed by atoms with Gasteiger partial charge < -0.3 is 29.6 Å². The number of alkyl carbamates (subject to hydrolysis) is 1. The molecule has 1 aliphatic carbocycles. The summed E-state index contributed by atoms with van der Waals surface area (Å²) in [7, 11) is 1.22. The molecule has 14 heteroatoms. The van der Waals surface area contributed by atoms with Gasteiger partial charge in [0.1, 0.15) is 18.2 Å². The van der Waals surface area contributed by atoms with Crippen molar-refractivity contribution in [1.82, 2.24) is 25.8 Å². The van der Waals surface area contributed by atoms with Crippen LogP contribution in [0.3, 0.4) is 0 Å².